The maximum atomic E-state index is 13.0. The fraction of sp³-hybridized carbons (Fsp3) is 0.308. The zero-order chi connectivity index (χ0) is 17.4. The number of benzene rings is 1. The average Bonchev–Trinajstić information content (AvgIpc) is 3.26. The van der Waals surface area contributed by atoms with Crippen LogP contribution < -0.4 is 5.32 Å². The van der Waals surface area contributed by atoms with E-state index in [-0.39, 0.29) is 12.7 Å². The zero-order valence-corrected chi connectivity index (χ0v) is 11.2. The summed E-state index contributed by atoms with van der Waals surface area (Å²) in [5, 5.41) is 10.6. The van der Waals surface area contributed by atoms with Crippen molar-refractivity contribution in [2.45, 2.75) is 18.3 Å². The number of ketones is 1. The number of Topliss-reactive ketones (excluding diaryl/α,β-unsaturated/α-hetero) is 1. The van der Waals surface area contributed by atoms with Gasteiger partial charge in [0.15, 0.2) is 11.8 Å². The molecule has 1 aliphatic heterocycles. The highest BCUT2D eigenvalue weighted by molar-refractivity contribution is 6.10. The van der Waals surface area contributed by atoms with E-state index in [1.807, 2.05) is 0 Å². The summed E-state index contributed by atoms with van der Waals surface area (Å²) in [4.78, 5) is 34.5. The van der Waals surface area contributed by atoms with Crippen molar-refractivity contribution in [2.75, 3.05) is 6.61 Å². The maximum absolute atomic E-state index is 13.0. The summed E-state index contributed by atoms with van der Waals surface area (Å²) in [6, 6.07) is -0.770. The maximum Gasteiger partial charge on any atom is 0.417 e. The number of carboxylic acids is 1. The first-order valence-electron chi connectivity index (χ1n) is 6.17. The van der Waals surface area contributed by atoms with Crippen LogP contribution in [0.25, 0.3) is 0 Å². The lowest BCUT2D eigenvalue weighted by molar-refractivity contribution is -0.143. The molecule has 1 amide bonds. The first kappa shape index (κ1) is 16.9. The Kier molecular flexibility index (Phi) is 4.37. The molecule has 0 bridgehead atoms. The molecule has 124 valence electrons. The van der Waals surface area contributed by atoms with E-state index in [0.717, 1.165) is 0 Å². The van der Waals surface area contributed by atoms with Gasteiger partial charge in [-0.2, -0.15) is 13.2 Å². The predicted octanol–water partition coefficient (Wildman–Crippen LogP) is 0.995. The number of hydrogen-bond acceptors (Lipinski definition) is 4. The van der Waals surface area contributed by atoms with Crippen LogP contribution in [0, 0.1) is 5.82 Å². The van der Waals surface area contributed by atoms with Crippen molar-refractivity contribution >= 4 is 17.7 Å². The summed E-state index contributed by atoms with van der Waals surface area (Å²) in [6.45, 7) is -0.0250. The Balaban J connectivity index is 2.29. The van der Waals surface area contributed by atoms with Crippen molar-refractivity contribution < 1.29 is 41.8 Å². The molecule has 1 aromatic rings. The molecule has 0 radical (unpaired) electrons. The number of halogens is 4. The summed E-state index contributed by atoms with van der Waals surface area (Å²) < 4.78 is 56.1. The third-order valence-corrected chi connectivity index (χ3v) is 2.99. The normalized spacial score (nSPS) is 18.2. The van der Waals surface area contributed by atoms with Crippen LogP contribution in [0.1, 0.15) is 15.9 Å². The Bertz CT molecular complexity index is 669. The van der Waals surface area contributed by atoms with E-state index in [1.165, 1.54) is 0 Å². The molecule has 6 nitrogen and oxygen atoms in total. The van der Waals surface area contributed by atoms with Crippen LogP contribution in [0.4, 0.5) is 17.6 Å². The van der Waals surface area contributed by atoms with Crippen molar-refractivity contribution in [3.63, 3.8) is 0 Å². The Morgan fingerprint density at radius 1 is 1.30 bits per heavy atom. The lowest BCUT2D eigenvalue weighted by atomic mass is 10.0. The highest BCUT2D eigenvalue weighted by Gasteiger charge is 2.42. The van der Waals surface area contributed by atoms with Gasteiger partial charge in [-0.3, -0.25) is 9.59 Å². The first-order valence-corrected chi connectivity index (χ1v) is 6.17. The monoisotopic (exact) mass is 335 g/mol. The highest BCUT2D eigenvalue weighted by Crippen LogP contribution is 2.32. The van der Waals surface area contributed by atoms with E-state index in [4.69, 9.17) is 5.11 Å². The molecule has 1 fully saturated rings. The fourth-order valence-electron chi connectivity index (χ4n) is 1.81. The van der Waals surface area contributed by atoms with Crippen LogP contribution in [0.5, 0.6) is 0 Å². The number of aliphatic carboxylic acids is 1. The molecule has 1 heterocycles. The molecule has 23 heavy (non-hydrogen) atoms. The number of epoxide rings is 1. The number of carboxylic acid groups (broad SMARTS) is 1. The number of rotatable bonds is 5. The van der Waals surface area contributed by atoms with Crippen molar-refractivity contribution in [3.05, 3.63) is 35.1 Å². The van der Waals surface area contributed by atoms with Crippen molar-refractivity contribution in [1.82, 2.24) is 5.32 Å². The number of ether oxygens (including phenoxy) is 1. The summed E-state index contributed by atoms with van der Waals surface area (Å²) in [5.41, 5.74) is -2.57. The minimum absolute atomic E-state index is 0.0250. The zero-order valence-electron chi connectivity index (χ0n) is 11.2. The third kappa shape index (κ3) is 3.83. The average molecular weight is 335 g/mol. The quantitative estimate of drug-likeness (QED) is 0.475. The van der Waals surface area contributed by atoms with Gasteiger partial charge >= 0.3 is 12.1 Å². The number of hydrogen-bond donors (Lipinski definition) is 2. The van der Waals surface area contributed by atoms with Gasteiger partial charge < -0.3 is 15.2 Å². The summed E-state index contributed by atoms with van der Waals surface area (Å²) in [5.74, 6) is -5.40. The molecule has 1 saturated heterocycles. The predicted molar refractivity (Wildman–Crippen MR) is 65.0 cm³/mol. The van der Waals surface area contributed by atoms with Crippen LogP contribution in [0.3, 0.4) is 0 Å². The molecule has 2 atom stereocenters. The van der Waals surface area contributed by atoms with Crippen molar-refractivity contribution in [3.8, 4) is 0 Å². The van der Waals surface area contributed by atoms with Gasteiger partial charge in [0.1, 0.15) is 11.9 Å². The second-order valence-electron chi connectivity index (χ2n) is 4.66. The van der Waals surface area contributed by atoms with Crippen molar-refractivity contribution in [1.29, 1.82) is 0 Å². The Morgan fingerprint density at radius 2 is 1.91 bits per heavy atom. The van der Waals surface area contributed by atoms with Gasteiger partial charge in [-0.25, -0.2) is 9.18 Å². The number of carbonyl (C=O) groups is 3. The second-order valence-corrected chi connectivity index (χ2v) is 4.66. The van der Waals surface area contributed by atoms with Gasteiger partial charge in [-0.1, -0.05) is 0 Å². The van der Waals surface area contributed by atoms with Gasteiger partial charge in [-0.05, 0) is 18.2 Å². The molecule has 2 rings (SSSR count). The standard InChI is InChI=1S/C13H9F4NO5/c14-5-1-2-6(7(3-5)13(15,16)17)11(20)18-9(12(21)22)10(19)8-4-23-8/h1-3,8-9H,4H2,(H,18,20)(H,21,22). The third-order valence-electron chi connectivity index (χ3n) is 2.99. The molecule has 0 aromatic heterocycles. The number of nitrogens with one attached hydrogen (secondary N) is 1. The van der Waals surface area contributed by atoms with Crippen LogP contribution in [-0.4, -0.2) is 41.5 Å². The van der Waals surface area contributed by atoms with Gasteiger partial charge in [-0.15, -0.1) is 0 Å². The second kappa shape index (κ2) is 5.95. The molecule has 1 aliphatic rings. The first-order chi connectivity index (χ1) is 10.6. The Hall–Kier alpha value is -2.49. The molecule has 10 heteroatoms. The van der Waals surface area contributed by atoms with E-state index in [1.54, 1.807) is 5.32 Å². The molecule has 1 aromatic carbocycles. The number of alkyl halides is 3. The van der Waals surface area contributed by atoms with Gasteiger partial charge in [0.25, 0.3) is 5.91 Å². The summed E-state index contributed by atoms with van der Waals surface area (Å²) in [6.07, 6.45) is -6.04. The topological polar surface area (TPSA) is 96.0 Å². The minimum atomic E-state index is -5.03. The Morgan fingerprint density at radius 3 is 2.39 bits per heavy atom. The summed E-state index contributed by atoms with van der Waals surface area (Å²) >= 11 is 0. The van der Waals surface area contributed by atoms with Crippen LogP contribution >= 0.6 is 0 Å². The molecule has 2 unspecified atom stereocenters. The van der Waals surface area contributed by atoms with Gasteiger partial charge in [0.05, 0.1) is 17.7 Å². The van der Waals surface area contributed by atoms with Crippen molar-refractivity contribution in [2.24, 2.45) is 0 Å². The molecule has 0 spiro atoms. The number of amides is 1. The largest absolute Gasteiger partial charge is 0.479 e. The fourth-order valence-corrected chi connectivity index (χ4v) is 1.81. The van der Waals surface area contributed by atoms with Crippen LogP contribution in [0.2, 0.25) is 0 Å². The highest BCUT2D eigenvalue weighted by atomic mass is 19.4. The minimum Gasteiger partial charge on any atom is -0.479 e. The summed E-state index contributed by atoms with van der Waals surface area (Å²) in [7, 11) is 0. The van der Waals surface area contributed by atoms with Crippen LogP contribution in [0.15, 0.2) is 18.2 Å². The van der Waals surface area contributed by atoms with Gasteiger partial charge in [0, 0.05) is 0 Å². The molecule has 0 aliphatic carbocycles. The molecule has 0 saturated carbocycles. The van der Waals surface area contributed by atoms with E-state index in [9.17, 15) is 31.9 Å². The van der Waals surface area contributed by atoms with E-state index < -0.39 is 52.9 Å². The molecular weight excluding hydrogens is 326 g/mol. The Labute approximate surface area is 126 Å². The lowest BCUT2D eigenvalue weighted by Crippen LogP contribution is -2.48. The van der Waals surface area contributed by atoms with E-state index >= 15 is 0 Å². The molecule has 2 N–H and O–H groups in total. The van der Waals surface area contributed by atoms with Gasteiger partial charge in [0.2, 0.25) is 0 Å². The SMILES string of the molecule is O=C(NC(C(=O)O)C(=O)C1CO1)c1ccc(F)cc1C(F)(F)F. The van der Waals surface area contributed by atoms with Crippen LogP contribution in [-0.2, 0) is 20.5 Å². The lowest BCUT2D eigenvalue weighted by Gasteiger charge is -2.16. The smallest absolute Gasteiger partial charge is 0.417 e. The number of carbonyl (C=O) groups excluding carboxylic acids is 2. The van der Waals surface area contributed by atoms with E-state index in [2.05, 4.69) is 4.74 Å². The van der Waals surface area contributed by atoms with E-state index in [0.29, 0.717) is 12.1 Å². The molecular formula is C13H9F4NO5.